The molecule has 0 aromatic heterocycles. The molecule has 0 aromatic carbocycles. The van der Waals surface area contributed by atoms with E-state index in [0.29, 0.717) is 0 Å². The maximum Gasteiger partial charge on any atom is 0.0585 e. The second-order valence-electron chi connectivity index (χ2n) is 0.699. The van der Waals surface area contributed by atoms with Gasteiger partial charge in [0.1, 0.15) is 0 Å². The van der Waals surface area contributed by atoms with E-state index in [1.54, 1.807) is 0 Å². The first kappa shape index (κ1) is 16.2. The van der Waals surface area contributed by atoms with Crippen molar-refractivity contribution in [1.82, 2.24) is 0 Å². The molecular formula is C3H6N2O2SY-2. The summed E-state index contributed by atoms with van der Waals surface area (Å²) in [5.74, 6) is -0.603. The third kappa shape index (κ3) is 59.9. The van der Waals surface area contributed by atoms with E-state index in [0.717, 1.165) is 6.41 Å². The summed E-state index contributed by atoms with van der Waals surface area (Å²) in [5, 5.41) is 0. The fourth-order valence-corrected chi connectivity index (χ4v) is 0. The number of rotatable bonds is 1. The van der Waals surface area contributed by atoms with Crippen molar-refractivity contribution in [2.24, 2.45) is 5.73 Å². The number of carbonyl (C=O) groups excluding carboxylic acids is 2. The van der Waals surface area contributed by atoms with E-state index in [9.17, 15) is 4.79 Å². The van der Waals surface area contributed by atoms with Gasteiger partial charge in [-0.15, -0.1) is 0 Å². The number of primary amides is 1. The molecule has 51 valence electrons. The van der Waals surface area contributed by atoms with Gasteiger partial charge in [-0.3, -0.25) is 0 Å². The SMILES string of the molecule is N[C-]=O.[NH-]C(=O)CS.[Y]. The van der Waals surface area contributed by atoms with Gasteiger partial charge < -0.3 is 21.1 Å². The summed E-state index contributed by atoms with van der Waals surface area (Å²) in [7, 11) is 0. The molecule has 0 atom stereocenters. The molecule has 0 rings (SSSR count). The molecule has 0 saturated carbocycles. The van der Waals surface area contributed by atoms with Gasteiger partial charge in [0.2, 0.25) is 0 Å². The minimum Gasteiger partial charge on any atom is -0.667 e. The van der Waals surface area contributed by atoms with Crippen LogP contribution in [0.3, 0.4) is 0 Å². The molecule has 3 N–H and O–H groups in total. The zero-order valence-electron chi connectivity index (χ0n) is 4.63. The molecule has 0 fully saturated rings. The Hall–Kier alpha value is 0.394. The van der Waals surface area contributed by atoms with Crippen molar-refractivity contribution in [3.05, 3.63) is 5.73 Å². The second-order valence-corrected chi connectivity index (χ2v) is 1.02. The van der Waals surface area contributed by atoms with Crippen LogP contribution in [0.25, 0.3) is 5.73 Å². The summed E-state index contributed by atoms with van der Waals surface area (Å²) in [6.45, 7) is 0. The molecule has 9 heavy (non-hydrogen) atoms. The van der Waals surface area contributed by atoms with Crippen LogP contribution < -0.4 is 5.73 Å². The third-order valence-corrected chi connectivity index (χ3v) is 0.431. The molecule has 0 unspecified atom stereocenters. The van der Waals surface area contributed by atoms with E-state index in [2.05, 4.69) is 18.4 Å². The zero-order chi connectivity index (χ0) is 6.99. The Balaban J connectivity index is -0.0000000800. The largest absolute Gasteiger partial charge is 0.667 e. The van der Waals surface area contributed by atoms with Crippen LogP contribution in [-0.2, 0) is 42.3 Å². The van der Waals surface area contributed by atoms with Crippen molar-refractivity contribution in [3.8, 4) is 0 Å². The number of hydrogen-bond donors (Lipinski definition) is 2. The molecule has 0 spiro atoms. The van der Waals surface area contributed by atoms with Crippen molar-refractivity contribution < 1.29 is 42.3 Å². The quantitative estimate of drug-likeness (QED) is 0.357. The van der Waals surface area contributed by atoms with E-state index < -0.39 is 5.91 Å². The predicted molar refractivity (Wildman–Crippen MR) is 33.1 cm³/mol. The number of nitrogens with two attached hydrogens (primary N) is 1. The zero-order valence-corrected chi connectivity index (χ0v) is 8.36. The first-order valence-corrected chi connectivity index (χ1v) is 2.25. The third-order valence-electron chi connectivity index (χ3n) is 0.144. The summed E-state index contributed by atoms with van der Waals surface area (Å²) < 4.78 is 0. The molecule has 1 radical (unpaired) electrons. The summed E-state index contributed by atoms with van der Waals surface area (Å²) in [6.07, 6.45) is 1.00. The molecule has 0 aromatic rings. The average molecular weight is 223 g/mol. The number of carbonyl (C=O) groups is 1. The standard InChI is InChI=1S/C2H5NOS.CH2NO.Y/c3-2(4)1-5;2-1-3;/h1H2,(H3,3,4,5);(H2,2,3);/q;-1;/p-1. The van der Waals surface area contributed by atoms with E-state index >= 15 is 0 Å². The molecular weight excluding hydrogens is 217 g/mol. The van der Waals surface area contributed by atoms with E-state index in [1.165, 1.54) is 0 Å². The van der Waals surface area contributed by atoms with Crippen LogP contribution in [0.4, 0.5) is 0 Å². The van der Waals surface area contributed by atoms with Crippen LogP contribution in [0.5, 0.6) is 0 Å². The van der Waals surface area contributed by atoms with Gasteiger partial charge in [0.05, 0.1) is 5.91 Å². The van der Waals surface area contributed by atoms with Crippen LogP contribution in [-0.4, -0.2) is 18.1 Å². The van der Waals surface area contributed by atoms with Gasteiger partial charge in [0.25, 0.3) is 0 Å². The molecule has 0 aliphatic heterocycles. The van der Waals surface area contributed by atoms with E-state index in [4.69, 9.17) is 10.5 Å². The van der Waals surface area contributed by atoms with Gasteiger partial charge in [-0.05, 0) is 0 Å². The van der Waals surface area contributed by atoms with Crippen LogP contribution in [0.1, 0.15) is 0 Å². The van der Waals surface area contributed by atoms with Crippen molar-refractivity contribution in [3.63, 3.8) is 0 Å². The Kier molecular flexibility index (Phi) is 28.4. The summed E-state index contributed by atoms with van der Waals surface area (Å²) >= 11 is 3.48. The Morgan fingerprint density at radius 3 is 1.89 bits per heavy atom. The first-order valence-electron chi connectivity index (χ1n) is 1.62. The summed E-state index contributed by atoms with van der Waals surface area (Å²) in [6, 6.07) is 0. The van der Waals surface area contributed by atoms with Gasteiger partial charge in [0.15, 0.2) is 0 Å². The monoisotopic (exact) mass is 223 g/mol. The number of hydrogen-bond acceptors (Lipinski definition) is 3. The molecule has 2 amide bonds. The van der Waals surface area contributed by atoms with Gasteiger partial charge in [-0.25, -0.2) is 0 Å². The summed E-state index contributed by atoms with van der Waals surface area (Å²) in [4.78, 5) is 17.9. The second kappa shape index (κ2) is 15.8. The first-order chi connectivity index (χ1) is 3.68. The van der Waals surface area contributed by atoms with Gasteiger partial charge in [-0.1, -0.05) is 0 Å². The Morgan fingerprint density at radius 2 is 1.89 bits per heavy atom. The smallest absolute Gasteiger partial charge is 0.0585 e. The molecule has 4 nitrogen and oxygen atoms in total. The average Bonchev–Trinajstić information content (AvgIpc) is 1.69. The topological polar surface area (TPSA) is 84.0 Å². The van der Waals surface area contributed by atoms with Crippen LogP contribution in [0.15, 0.2) is 0 Å². The van der Waals surface area contributed by atoms with Crippen LogP contribution >= 0.6 is 12.6 Å². The van der Waals surface area contributed by atoms with Gasteiger partial charge >= 0.3 is 0 Å². The summed E-state index contributed by atoms with van der Waals surface area (Å²) in [5.41, 5.74) is 10.2. The number of thiol groups is 1. The maximum absolute atomic E-state index is 9.40. The number of nitrogens with one attached hydrogen (secondary N) is 1. The molecule has 0 saturated heterocycles. The molecule has 0 aliphatic rings. The minimum absolute atomic E-state index is 0. The fourth-order valence-electron chi connectivity index (χ4n) is 0. The van der Waals surface area contributed by atoms with Crippen molar-refractivity contribution in [2.45, 2.75) is 0 Å². The van der Waals surface area contributed by atoms with Crippen molar-refractivity contribution in [2.75, 3.05) is 5.75 Å². The normalized spacial score (nSPS) is 5.44. The van der Waals surface area contributed by atoms with Crippen molar-refractivity contribution in [1.29, 1.82) is 0 Å². The fraction of sp³-hybridized carbons (Fsp3) is 0.333. The minimum atomic E-state index is -0.631. The molecule has 0 bridgehead atoms. The Labute approximate surface area is 84.0 Å². The molecule has 0 heterocycles. The predicted octanol–water partition coefficient (Wildman–Crippen LogP) is -0.495. The molecule has 6 heteroatoms. The van der Waals surface area contributed by atoms with Crippen LogP contribution in [0, 0.1) is 0 Å². The van der Waals surface area contributed by atoms with E-state index in [1.807, 2.05) is 0 Å². The Morgan fingerprint density at radius 1 is 1.78 bits per heavy atom. The van der Waals surface area contributed by atoms with E-state index in [-0.39, 0.29) is 38.5 Å². The van der Waals surface area contributed by atoms with Crippen molar-refractivity contribution >= 4 is 24.9 Å². The van der Waals surface area contributed by atoms with Crippen LogP contribution in [0.2, 0.25) is 0 Å². The number of amides is 2. The van der Waals surface area contributed by atoms with Gasteiger partial charge in [-0.2, -0.15) is 19.0 Å². The van der Waals surface area contributed by atoms with Gasteiger partial charge in [0, 0.05) is 38.5 Å². The Bertz CT molecular complexity index is 80.2. The molecule has 0 aliphatic carbocycles. The maximum atomic E-state index is 9.40.